The van der Waals surface area contributed by atoms with Crippen molar-refractivity contribution in [3.05, 3.63) is 22.2 Å². The van der Waals surface area contributed by atoms with Crippen molar-refractivity contribution in [1.82, 2.24) is 5.32 Å². The smallest absolute Gasteiger partial charge is 0.303 e. The molecule has 0 heterocycles. The highest BCUT2D eigenvalue weighted by molar-refractivity contribution is 9.10. The van der Waals surface area contributed by atoms with Crippen molar-refractivity contribution in [2.24, 2.45) is 0 Å². The quantitative estimate of drug-likeness (QED) is 0.554. The van der Waals surface area contributed by atoms with Crippen molar-refractivity contribution in [1.29, 1.82) is 0 Å². The van der Waals surface area contributed by atoms with Crippen LogP contribution in [-0.4, -0.2) is 30.7 Å². The molecule has 0 atom stereocenters. The molecule has 0 bridgehead atoms. The molecule has 0 aliphatic carbocycles. The summed E-state index contributed by atoms with van der Waals surface area (Å²) in [5.74, 6) is -0.0447. The fraction of sp³-hybridized carbons (Fsp3) is 0.529. The first-order valence-electron chi connectivity index (χ1n) is 7.95. The minimum Gasteiger partial charge on any atom is -0.493 e. The first kappa shape index (κ1) is 20.3. The molecule has 0 spiro atoms. The maximum absolute atomic E-state index is 11.6. The first-order valence-corrected chi connectivity index (χ1v) is 8.75. The Kier molecular flexibility index (Phi) is 9.22. The molecule has 2 N–H and O–H groups in total. The number of benzene rings is 1. The number of carboxylic acid groups (broad SMARTS) is 1. The third-order valence-electron chi connectivity index (χ3n) is 3.34. The van der Waals surface area contributed by atoms with E-state index >= 15 is 0 Å². The van der Waals surface area contributed by atoms with Gasteiger partial charge < -0.3 is 19.9 Å². The molecular formula is C17H24BrNO5. The van der Waals surface area contributed by atoms with Crippen LogP contribution in [0.3, 0.4) is 0 Å². The number of carbonyl (C=O) groups excluding carboxylic acids is 1. The van der Waals surface area contributed by atoms with Crippen LogP contribution in [0.5, 0.6) is 11.5 Å². The fourth-order valence-electron chi connectivity index (χ4n) is 2.05. The van der Waals surface area contributed by atoms with Crippen LogP contribution in [-0.2, 0) is 16.1 Å². The topological polar surface area (TPSA) is 84.9 Å². The Morgan fingerprint density at radius 2 is 2.00 bits per heavy atom. The van der Waals surface area contributed by atoms with E-state index in [-0.39, 0.29) is 18.7 Å². The summed E-state index contributed by atoms with van der Waals surface area (Å²) >= 11 is 3.47. The van der Waals surface area contributed by atoms with Crippen molar-refractivity contribution in [2.45, 2.75) is 45.6 Å². The number of rotatable bonds is 11. The number of nitrogens with one attached hydrogen (secondary N) is 1. The van der Waals surface area contributed by atoms with Crippen LogP contribution in [0.25, 0.3) is 0 Å². The largest absolute Gasteiger partial charge is 0.493 e. The van der Waals surface area contributed by atoms with E-state index in [4.69, 9.17) is 14.6 Å². The number of carboxylic acids is 1. The molecule has 6 nitrogen and oxygen atoms in total. The van der Waals surface area contributed by atoms with Crippen LogP contribution in [0.4, 0.5) is 0 Å². The molecule has 7 heteroatoms. The molecule has 0 saturated heterocycles. The van der Waals surface area contributed by atoms with E-state index in [0.717, 1.165) is 29.3 Å². The van der Waals surface area contributed by atoms with Crippen LogP contribution in [0.15, 0.2) is 16.6 Å². The summed E-state index contributed by atoms with van der Waals surface area (Å²) < 4.78 is 11.9. The van der Waals surface area contributed by atoms with Crippen molar-refractivity contribution in [3.63, 3.8) is 0 Å². The lowest BCUT2D eigenvalue weighted by Gasteiger charge is -2.14. The Labute approximate surface area is 150 Å². The second kappa shape index (κ2) is 10.9. The van der Waals surface area contributed by atoms with Gasteiger partial charge in [0.2, 0.25) is 5.91 Å². The molecule has 0 saturated carbocycles. The van der Waals surface area contributed by atoms with Gasteiger partial charge in [0.05, 0.1) is 24.6 Å². The molecule has 0 unspecified atom stereocenters. The third kappa shape index (κ3) is 7.21. The number of hydrogen-bond donors (Lipinski definition) is 2. The summed E-state index contributed by atoms with van der Waals surface area (Å²) in [5, 5.41) is 11.3. The summed E-state index contributed by atoms with van der Waals surface area (Å²) in [6.07, 6.45) is 3.01. The molecule has 0 fully saturated rings. The van der Waals surface area contributed by atoms with E-state index in [1.54, 1.807) is 13.2 Å². The summed E-state index contributed by atoms with van der Waals surface area (Å²) in [6.45, 7) is 3.05. The van der Waals surface area contributed by atoms with E-state index in [1.165, 1.54) is 0 Å². The fourth-order valence-corrected chi connectivity index (χ4v) is 2.66. The minimum absolute atomic E-state index is 0.0355. The van der Waals surface area contributed by atoms with E-state index < -0.39 is 5.97 Å². The van der Waals surface area contributed by atoms with Crippen LogP contribution in [0.2, 0.25) is 0 Å². The van der Waals surface area contributed by atoms with Crippen LogP contribution in [0.1, 0.15) is 44.6 Å². The predicted octanol–water partition coefficient (Wildman–Crippen LogP) is 3.51. The minimum atomic E-state index is -0.987. The van der Waals surface area contributed by atoms with Gasteiger partial charge in [0, 0.05) is 13.0 Å². The van der Waals surface area contributed by atoms with Crippen LogP contribution in [0, 0.1) is 0 Å². The molecule has 1 aromatic rings. The molecule has 0 radical (unpaired) electrons. The van der Waals surface area contributed by atoms with Crippen LogP contribution >= 0.6 is 15.9 Å². The molecule has 0 aliphatic rings. The number of aliphatic carboxylic acids is 1. The van der Waals surface area contributed by atoms with Gasteiger partial charge in [-0.1, -0.05) is 19.8 Å². The van der Waals surface area contributed by atoms with E-state index in [1.807, 2.05) is 6.07 Å². The summed E-state index contributed by atoms with van der Waals surface area (Å²) in [6, 6.07) is 3.66. The highest BCUT2D eigenvalue weighted by Gasteiger charge is 2.12. The lowest BCUT2D eigenvalue weighted by Crippen LogP contribution is -2.23. The Balaban J connectivity index is 2.65. The molecule has 1 amide bonds. The van der Waals surface area contributed by atoms with Crippen LogP contribution < -0.4 is 14.8 Å². The zero-order chi connectivity index (χ0) is 17.9. The Morgan fingerprint density at radius 3 is 2.62 bits per heavy atom. The predicted molar refractivity (Wildman–Crippen MR) is 94.4 cm³/mol. The number of ether oxygens (including phenoxy) is 2. The highest BCUT2D eigenvalue weighted by Crippen LogP contribution is 2.36. The van der Waals surface area contributed by atoms with Crippen molar-refractivity contribution in [3.8, 4) is 11.5 Å². The van der Waals surface area contributed by atoms with Crippen molar-refractivity contribution >= 4 is 27.8 Å². The molecule has 0 aromatic heterocycles. The normalized spacial score (nSPS) is 10.3. The standard InChI is InChI=1S/C17H24BrNO5/c1-3-4-5-8-24-17-13(18)9-12(10-14(17)23-2)11-19-15(20)6-7-16(21)22/h9-10H,3-8,11H2,1-2H3,(H,19,20)(H,21,22). The van der Waals surface area contributed by atoms with Gasteiger partial charge in [-0.25, -0.2) is 0 Å². The number of hydrogen-bond acceptors (Lipinski definition) is 4. The van der Waals surface area contributed by atoms with Crippen molar-refractivity contribution < 1.29 is 24.2 Å². The number of halogens is 1. The highest BCUT2D eigenvalue weighted by atomic mass is 79.9. The first-order chi connectivity index (χ1) is 11.5. The van der Waals surface area contributed by atoms with E-state index in [0.29, 0.717) is 24.7 Å². The Hall–Kier alpha value is -1.76. The monoisotopic (exact) mass is 401 g/mol. The van der Waals surface area contributed by atoms with Gasteiger partial charge in [-0.15, -0.1) is 0 Å². The molecule has 1 rings (SSSR count). The maximum atomic E-state index is 11.6. The van der Waals surface area contributed by atoms with E-state index in [2.05, 4.69) is 28.2 Å². The SMILES string of the molecule is CCCCCOc1c(Br)cc(CNC(=O)CCC(=O)O)cc1OC. The second-order valence-electron chi connectivity index (χ2n) is 5.34. The Bertz CT molecular complexity index is 562. The second-order valence-corrected chi connectivity index (χ2v) is 6.19. The van der Waals surface area contributed by atoms with Gasteiger partial charge in [0.25, 0.3) is 0 Å². The number of amides is 1. The lowest BCUT2D eigenvalue weighted by molar-refractivity contribution is -0.138. The lowest BCUT2D eigenvalue weighted by atomic mass is 10.2. The number of unbranched alkanes of at least 4 members (excludes halogenated alkanes) is 2. The Morgan fingerprint density at radius 1 is 1.25 bits per heavy atom. The molecule has 0 aliphatic heterocycles. The zero-order valence-corrected chi connectivity index (χ0v) is 15.6. The van der Waals surface area contributed by atoms with Gasteiger partial charge in [0.1, 0.15) is 0 Å². The average Bonchev–Trinajstić information content (AvgIpc) is 2.55. The third-order valence-corrected chi connectivity index (χ3v) is 3.93. The average molecular weight is 402 g/mol. The van der Waals surface area contributed by atoms with Gasteiger partial charge in [-0.05, 0) is 40.0 Å². The van der Waals surface area contributed by atoms with Gasteiger partial charge in [-0.2, -0.15) is 0 Å². The van der Waals surface area contributed by atoms with Crippen molar-refractivity contribution in [2.75, 3.05) is 13.7 Å². The zero-order valence-electron chi connectivity index (χ0n) is 14.1. The van der Waals surface area contributed by atoms with Gasteiger partial charge >= 0.3 is 5.97 Å². The summed E-state index contributed by atoms with van der Waals surface area (Å²) in [4.78, 5) is 22.0. The summed E-state index contributed by atoms with van der Waals surface area (Å²) in [7, 11) is 1.57. The van der Waals surface area contributed by atoms with Gasteiger partial charge in [0.15, 0.2) is 11.5 Å². The maximum Gasteiger partial charge on any atom is 0.303 e. The molecular weight excluding hydrogens is 378 g/mol. The molecule has 1 aromatic carbocycles. The van der Waals surface area contributed by atoms with E-state index in [9.17, 15) is 9.59 Å². The molecule has 134 valence electrons. The number of methoxy groups -OCH3 is 1. The number of carbonyl (C=O) groups is 2. The summed E-state index contributed by atoms with van der Waals surface area (Å²) in [5.41, 5.74) is 0.836. The van der Waals surface area contributed by atoms with Gasteiger partial charge in [-0.3, -0.25) is 9.59 Å². The molecule has 24 heavy (non-hydrogen) atoms.